The molecule has 2 aliphatic carbocycles. The second-order valence-corrected chi connectivity index (χ2v) is 8.73. The normalized spacial score (nSPS) is 15.5. The lowest BCUT2D eigenvalue weighted by atomic mass is 9.94. The summed E-state index contributed by atoms with van der Waals surface area (Å²) in [6.07, 6.45) is 2.95. The fourth-order valence-electron chi connectivity index (χ4n) is 3.98. The lowest BCUT2D eigenvalue weighted by molar-refractivity contribution is 0.333. The first-order valence-electron chi connectivity index (χ1n) is 9.45. The molecule has 0 saturated heterocycles. The third-order valence-corrected chi connectivity index (χ3v) is 6.61. The van der Waals surface area contributed by atoms with E-state index in [2.05, 4.69) is 5.16 Å². The Morgan fingerprint density at radius 1 is 0.875 bits per heavy atom. The van der Waals surface area contributed by atoms with E-state index in [4.69, 9.17) is 9.69 Å². The standard InChI is InChI=1S/C23H13F3N2O3S/c24-19-18-14-7-3-2-6-13(14)11-16(18)23(21(26)20(19)25)32(29,30)31-28-22-15-8-4-1-5-12(15)9-10-17(22)27/h1-10,27H,11H2. The third-order valence-electron chi connectivity index (χ3n) is 5.41. The summed E-state index contributed by atoms with van der Waals surface area (Å²) < 4.78 is 74.3. The van der Waals surface area contributed by atoms with Crippen LogP contribution in [0.1, 0.15) is 22.3 Å². The van der Waals surface area contributed by atoms with Crippen LogP contribution in [0.15, 0.2) is 64.7 Å². The lowest BCUT2D eigenvalue weighted by Gasteiger charge is -2.14. The Hall–Kier alpha value is -3.72. The second kappa shape index (κ2) is 7.16. The molecule has 0 bridgehead atoms. The highest BCUT2D eigenvalue weighted by atomic mass is 32.2. The molecule has 5 nitrogen and oxygen atoms in total. The highest BCUT2D eigenvalue weighted by molar-refractivity contribution is 7.86. The molecule has 2 aliphatic rings. The van der Waals surface area contributed by atoms with Crippen molar-refractivity contribution >= 4 is 27.6 Å². The summed E-state index contributed by atoms with van der Waals surface area (Å²) in [5, 5.41) is 11.6. The van der Waals surface area contributed by atoms with Gasteiger partial charge in [0.15, 0.2) is 22.3 Å². The largest absolute Gasteiger partial charge is 0.361 e. The Balaban J connectivity index is 1.64. The van der Waals surface area contributed by atoms with Crippen LogP contribution in [0.3, 0.4) is 0 Å². The van der Waals surface area contributed by atoms with Gasteiger partial charge in [0.2, 0.25) is 0 Å². The van der Waals surface area contributed by atoms with Crippen molar-refractivity contribution in [3.8, 4) is 11.1 Å². The van der Waals surface area contributed by atoms with E-state index in [-0.39, 0.29) is 34.5 Å². The topological polar surface area (TPSA) is 79.6 Å². The Kier molecular flexibility index (Phi) is 4.52. The summed E-state index contributed by atoms with van der Waals surface area (Å²) in [5.41, 5.74) is 1.18. The lowest BCUT2D eigenvalue weighted by Crippen LogP contribution is -2.19. The van der Waals surface area contributed by atoms with Gasteiger partial charge >= 0.3 is 10.1 Å². The number of rotatable bonds is 3. The van der Waals surface area contributed by atoms with Crippen LogP contribution in [0.4, 0.5) is 13.2 Å². The fraction of sp³-hybridized carbons (Fsp3) is 0.0435. The molecule has 0 atom stereocenters. The number of fused-ring (bicyclic) bond motifs is 4. The summed E-state index contributed by atoms with van der Waals surface area (Å²) in [4.78, 5) is -1.10. The van der Waals surface area contributed by atoms with Crippen molar-refractivity contribution in [1.29, 1.82) is 5.41 Å². The van der Waals surface area contributed by atoms with E-state index in [1.165, 1.54) is 12.1 Å². The van der Waals surface area contributed by atoms with Gasteiger partial charge in [0.1, 0.15) is 5.71 Å². The Labute approximate surface area is 181 Å². The van der Waals surface area contributed by atoms with Crippen molar-refractivity contribution in [2.75, 3.05) is 0 Å². The SMILES string of the molecule is N=C1C=Cc2ccccc2C1=NOS(=O)(=O)c1c(F)c(F)c(F)c2c1Cc1ccccc1-2. The average Bonchev–Trinajstić information content (AvgIpc) is 3.15. The molecule has 0 heterocycles. The molecule has 9 heteroatoms. The molecule has 0 aromatic heterocycles. The zero-order valence-corrected chi connectivity index (χ0v) is 17.0. The van der Waals surface area contributed by atoms with Gasteiger partial charge in [0.05, 0.1) is 5.71 Å². The van der Waals surface area contributed by atoms with Gasteiger partial charge in [-0.1, -0.05) is 59.8 Å². The predicted molar refractivity (Wildman–Crippen MR) is 113 cm³/mol. The number of benzene rings is 3. The molecule has 0 aliphatic heterocycles. The summed E-state index contributed by atoms with van der Waals surface area (Å²) in [6.45, 7) is 0. The smallest absolute Gasteiger partial charge is 0.298 e. The maximum absolute atomic E-state index is 14.7. The molecule has 0 amide bonds. The minimum absolute atomic E-state index is 0.0883. The molecule has 0 fully saturated rings. The van der Waals surface area contributed by atoms with Gasteiger partial charge in [0.25, 0.3) is 0 Å². The van der Waals surface area contributed by atoms with E-state index < -0.39 is 32.5 Å². The highest BCUT2D eigenvalue weighted by Crippen LogP contribution is 2.44. The summed E-state index contributed by atoms with van der Waals surface area (Å²) in [6, 6.07) is 13.2. The molecule has 3 aromatic carbocycles. The predicted octanol–water partition coefficient (Wildman–Crippen LogP) is 4.83. The van der Waals surface area contributed by atoms with Crippen molar-refractivity contribution in [3.63, 3.8) is 0 Å². The van der Waals surface area contributed by atoms with Crippen molar-refractivity contribution in [2.45, 2.75) is 11.3 Å². The molecule has 32 heavy (non-hydrogen) atoms. The quantitative estimate of drug-likeness (QED) is 0.356. The minimum Gasteiger partial charge on any atom is -0.298 e. The van der Waals surface area contributed by atoms with E-state index >= 15 is 0 Å². The van der Waals surface area contributed by atoms with Gasteiger partial charge in [-0.05, 0) is 28.3 Å². The average molecular weight is 454 g/mol. The molecule has 0 saturated carbocycles. The number of hydrogen-bond donors (Lipinski definition) is 1. The minimum atomic E-state index is -4.99. The molecule has 0 unspecified atom stereocenters. The zero-order chi connectivity index (χ0) is 22.6. The van der Waals surface area contributed by atoms with Crippen LogP contribution in [0, 0.1) is 22.9 Å². The van der Waals surface area contributed by atoms with E-state index in [1.807, 2.05) is 0 Å². The maximum Gasteiger partial charge on any atom is 0.361 e. The molecule has 3 aromatic rings. The molecule has 5 rings (SSSR count). The van der Waals surface area contributed by atoms with E-state index in [1.54, 1.807) is 48.5 Å². The van der Waals surface area contributed by atoms with E-state index in [9.17, 15) is 21.6 Å². The monoisotopic (exact) mass is 454 g/mol. The van der Waals surface area contributed by atoms with Crippen LogP contribution in [-0.2, 0) is 20.8 Å². The van der Waals surface area contributed by atoms with E-state index in [0.29, 0.717) is 16.7 Å². The van der Waals surface area contributed by atoms with Gasteiger partial charge in [-0.25, -0.2) is 13.2 Å². The third kappa shape index (κ3) is 2.96. The van der Waals surface area contributed by atoms with Crippen LogP contribution < -0.4 is 0 Å². The molecular weight excluding hydrogens is 441 g/mol. The summed E-state index contributed by atoms with van der Waals surface area (Å²) in [5.74, 6) is -5.23. The number of nitrogens with zero attached hydrogens (tertiary/aromatic N) is 1. The van der Waals surface area contributed by atoms with Crippen molar-refractivity contribution in [2.24, 2.45) is 5.16 Å². The first-order valence-corrected chi connectivity index (χ1v) is 10.9. The van der Waals surface area contributed by atoms with Gasteiger partial charge in [0, 0.05) is 17.5 Å². The molecule has 0 radical (unpaired) electrons. The van der Waals surface area contributed by atoms with Crippen LogP contribution in [0.2, 0.25) is 0 Å². The summed E-state index contributed by atoms with van der Waals surface area (Å²) in [7, 11) is -4.99. The first-order chi connectivity index (χ1) is 15.3. The number of oxime groups is 1. The van der Waals surface area contributed by atoms with Crippen molar-refractivity contribution < 1.29 is 25.9 Å². The van der Waals surface area contributed by atoms with E-state index in [0.717, 1.165) is 0 Å². The van der Waals surface area contributed by atoms with Crippen LogP contribution >= 0.6 is 0 Å². The molecule has 160 valence electrons. The highest BCUT2D eigenvalue weighted by Gasteiger charge is 2.37. The van der Waals surface area contributed by atoms with Crippen LogP contribution in [-0.4, -0.2) is 19.8 Å². The van der Waals surface area contributed by atoms with Gasteiger partial charge in [-0.3, -0.25) is 9.69 Å². The number of allylic oxidation sites excluding steroid dienone is 1. The van der Waals surface area contributed by atoms with Gasteiger partial charge in [-0.2, -0.15) is 8.42 Å². The zero-order valence-electron chi connectivity index (χ0n) is 16.2. The van der Waals surface area contributed by atoms with Crippen molar-refractivity contribution in [1.82, 2.24) is 0 Å². The maximum atomic E-state index is 14.7. The Morgan fingerprint density at radius 3 is 2.34 bits per heavy atom. The van der Waals surface area contributed by atoms with Gasteiger partial charge < -0.3 is 0 Å². The number of hydrogen-bond acceptors (Lipinski definition) is 5. The van der Waals surface area contributed by atoms with Crippen LogP contribution in [0.5, 0.6) is 0 Å². The molecular formula is C23H13F3N2O3S. The van der Waals surface area contributed by atoms with Crippen LogP contribution in [0.25, 0.3) is 17.2 Å². The van der Waals surface area contributed by atoms with Crippen molar-refractivity contribution in [3.05, 3.63) is 94.3 Å². The molecule has 0 spiro atoms. The van der Waals surface area contributed by atoms with Gasteiger partial charge in [-0.15, -0.1) is 0 Å². The fourth-order valence-corrected chi connectivity index (χ4v) is 5.01. The second-order valence-electron chi connectivity index (χ2n) is 7.26. The Morgan fingerprint density at radius 2 is 1.56 bits per heavy atom. The Bertz CT molecular complexity index is 1490. The summed E-state index contributed by atoms with van der Waals surface area (Å²) >= 11 is 0. The number of halogens is 3. The first kappa shape index (κ1) is 20.2. The molecule has 1 N–H and O–H groups in total. The number of nitrogens with one attached hydrogen (secondary N) is 1.